The molecule has 0 aromatic heterocycles. The van der Waals surface area contributed by atoms with Crippen LogP contribution in [0.3, 0.4) is 0 Å². The fourth-order valence-corrected chi connectivity index (χ4v) is 3.05. The van der Waals surface area contributed by atoms with Crippen LogP contribution in [0.4, 0.5) is 0 Å². The van der Waals surface area contributed by atoms with Crippen molar-refractivity contribution in [2.45, 2.75) is 4.82 Å². The molecule has 88 valence electrons. The molecular weight excluding hydrogens is 289 g/mol. The number of rotatable bonds is 4. The second-order valence-electron chi connectivity index (χ2n) is 3.73. The minimum absolute atomic E-state index is 0.0309. The number of ketones is 1. The summed E-state index contributed by atoms with van der Waals surface area (Å²) in [5, 5.41) is 8.92. The zero-order chi connectivity index (χ0) is 12.8. The number of hydrogen-bond donors (Lipinski definition) is 0. The zero-order valence-electron chi connectivity index (χ0n) is 9.61. The summed E-state index contributed by atoms with van der Waals surface area (Å²) in [6.45, 7) is 0. The van der Waals surface area contributed by atoms with Gasteiger partial charge in [0.25, 0.3) is 0 Å². The van der Waals surface area contributed by atoms with Crippen molar-refractivity contribution < 1.29 is 4.79 Å². The van der Waals surface area contributed by atoms with Gasteiger partial charge in [-0.2, -0.15) is 0 Å². The van der Waals surface area contributed by atoms with Crippen molar-refractivity contribution in [1.29, 1.82) is 5.26 Å². The van der Waals surface area contributed by atoms with Crippen molar-refractivity contribution >= 4 is 20.7 Å². The molecule has 0 saturated heterocycles. The number of nitrogens with zero attached hydrogens (tertiary/aromatic N) is 1. The average Bonchev–Trinajstić information content (AvgIpc) is 2.46. The van der Waals surface area contributed by atoms with Gasteiger partial charge in [0.05, 0.1) is 0 Å². The van der Waals surface area contributed by atoms with E-state index in [9.17, 15) is 4.79 Å². The predicted octanol–water partition coefficient (Wildman–Crippen LogP) is 2.80. The molecule has 0 saturated carbocycles. The van der Waals surface area contributed by atoms with Crippen LogP contribution in [0.2, 0.25) is 0 Å². The Hall–Kier alpha value is -1.88. The summed E-state index contributed by atoms with van der Waals surface area (Å²) in [6, 6.07) is 18.7. The van der Waals surface area contributed by atoms with E-state index >= 15 is 0 Å². The van der Waals surface area contributed by atoms with Crippen LogP contribution >= 0.6 is 0 Å². The molecule has 0 aliphatic carbocycles. The number of hydrogen-bond acceptors (Lipinski definition) is 2. The van der Waals surface area contributed by atoms with Gasteiger partial charge in [-0.1, -0.05) is 0 Å². The Morgan fingerprint density at radius 3 is 2.11 bits per heavy atom. The molecule has 0 N–H and O–H groups in total. The first-order chi connectivity index (χ1) is 8.83. The molecule has 2 aromatic rings. The van der Waals surface area contributed by atoms with Crippen molar-refractivity contribution in [2.24, 2.45) is 0 Å². The number of Topliss-reactive ketones (excluding diaryl/α,β-unsaturated/α-hetero) is 1. The maximum atomic E-state index is 12.4. The van der Waals surface area contributed by atoms with Crippen molar-refractivity contribution in [3.05, 3.63) is 71.8 Å². The average molecular weight is 300 g/mol. The van der Waals surface area contributed by atoms with Gasteiger partial charge in [0.1, 0.15) is 0 Å². The normalized spacial score (nSPS) is 11.5. The van der Waals surface area contributed by atoms with E-state index in [0.717, 1.165) is 5.56 Å². The summed E-state index contributed by atoms with van der Waals surface area (Å²) in [5.74, 6) is 0.0309. The molecule has 18 heavy (non-hydrogen) atoms. The molecule has 0 bridgehead atoms. The number of carbonyl (C=O) groups excluding carboxylic acids is 1. The number of carbonyl (C=O) groups is 1. The summed E-state index contributed by atoms with van der Waals surface area (Å²) in [7, 11) is 0. The van der Waals surface area contributed by atoms with Gasteiger partial charge in [-0.3, -0.25) is 0 Å². The Balaban J connectivity index is 2.32. The van der Waals surface area contributed by atoms with Gasteiger partial charge in [0, 0.05) is 0 Å². The molecule has 3 heteroatoms. The summed E-state index contributed by atoms with van der Waals surface area (Å²) >= 11 is -0.381. The van der Waals surface area contributed by atoms with Crippen LogP contribution in [0.15, 0.2) is 60.7 Å². The SMILES string of the molecule is N#C[Se]C(C(=O)c1ccccc1)c1ccccc1. The second-order valence-corrected chi connectivity index (χ2v) is 5.60. The minimum atomic E-state index is -0.381. The molecule has 0 aliphatic rings. The van der Waals surface area contributed by atoms with E-state index in [4.69, 9.17) is 5.26 Å². The molecule has 1 unspecified atom stereocenters. The van der Waals surface area contributed by atoms with E-state index in [-0.39, 0.29) is 25.6 Å². The van der Waals surface area contributed by atoms with Crippen LogP contribution in [0.5, 0.6) is 0 Å². The van der Waals surface area contributed by atoms with Gasteiger partial charge in [-0.25, -0.2) is 0 Å². The van der Waals surface area contributed by atoms with Crippen molar-refractivity contribution in [3.8, 4) is 4.97 Å². The molecule has 0 radical (unpaired) electrons. The molecule has 2 nitrogen and oxygen atoms in total. The van der Waals surface area contributed by atoms with E-state index < -0.39 is 0 Å². The summed E-state index contributed by atoms with van der Waals surface area (Å²) < 4.78 is 0. The molecular formula is C15H11NOSe. The van der Waals surface area contributed by atoms with E-state index in [2.05, 4.69) is 4.97 Å². The van der Waals surface area contributed by atoms with Crippen molar-refractivity contribution in [3.63, 3.8) is 0 Å². The second kappa shape index (κ2) is 6.16. The van der Waals surface area contributed by atoms with Gasteiger partial charge in [-0.05, 0) is 0 Å². The maximum absolute atomic E-state index is 12.4. The Kier molecular flexibility index (Phi) is 4.30. The first kappa shape index (κ1) is 12.6. The monoisotopic (exact) mass is 301 g/mol. The molecule has 0 amide bonds. The topological polar surface area (TPSA) is 40.9 Å². The molecule has 0 aliphatic heterocycles. The number of nitriles is 1. The Labute approximate surface area is 112 Å². The zero-order valence-corrected chi connectivity index (χ0v) is 11.3. The van der Waals surface area contributed by atoms with Crippen LogP contribution in [-0.2, 0) is 0 Å². The molecule has 0 spiro atoms. The van der Waals surface area contributed by atoms with Crippen LogP contribution < -0.4 is 0 Å². The fourth-order valence-electron chi connectivity index (χ4n) is 1.71. The van der Waals surface area contributed by atoms with Crippen LogP contribution in [0.1, 0.15) is 20.7 Å². The third kappa shape index (κ3) is 2.87. The van der Waals surface area contributed by atoms with Crippen molar-refractivity contribution in [1.82, 2.24) is 0 Å². The van der Waals surface area contributed by atoms with E-state index in [1.807, 2.05) is 48.5 Å². The Morgan fingerprint density at radius 2 is 1.56 bits per heavy atom. The molecule has 2 aromatic carbocycles. The van der Waals surface area contributed by atoms with Gasteiger partial charge in [0.2, 0.25) is 0 Å². The summed E-state index contributed by atoms with van der Waals surface area (Å²) in [6.07, 6.45) is 0. The molecule has 2 rings (SSSR count). The molecule has 1 atom stereocenters. The molecule has 0 fully saturated rings. The number of benzene rings is 2. The van der Waals surface area contributed by atoms with Gasteiger partial charge < -0.3 is 0 Å². The van der Waals surface area contributed by atoms with Crippen LogP contribution in [-0.4, -0.2) is 20.7 Å². The van der Waals surface area contributed by atoms with Gasteiger partial charge in [-0.15, -0.1) is 0 Å². The first-order valence-corrected chi connectivity index (χ1v) is 7.36. The van der Waals surface area contributed by atoms with Gasteiger partial charge in [0.15, 0.2) is 0 Å². The summed E-state index contributed by atoms with van der Waals surface area (Å²) in [4.78, 5) is 14.2. The predicted molar refractivity (Wildman–Crippen MR) is 71.3 cm³/mol. The third-order valence-corrected chi connectivity index (χ3v) is 4.31. The fraction of sp³-hybridized carbons (Fsp3) is 0.0667. The van der Waals surface area contributed by atoms with Gasteiger partial charge >= 0.3 is 112 Å². The third-order valence-electron chi connectivity index (χ3n) is 2.57. The standard InChI is InChI=1S/C15H11NOSe/c16-11-18-15(13-9-5-2-6-10-13)14(17)12-7-3-1-4-8-12/h1-10,15H. The Morgan fingerprint density at radius 1 is 1.00 bits per heavy atom. The van der Waals surface area contributed by atoms with Crippen LogP contribution in [0.25, 0.3) is 0 Å². The quantitative estimate of drug-likeness (QED) is 0.643. The van der Waals surface area contributed by atoms with Crippen LogP contribution in [0, 0.1) is 10.2 Å². The molecule has 0 heterocycles. The van der Waals surface area contributed by atoms with E-state index in [1.54, 1.807) is 12.1 Å². The first-order valence-electron chi connectivity index (χ1n) is 5.52. The summed E-state index contributed by atoms with van der Waals surface area (Å²) in [5.41, 5.74) is 1.59. The van der Waals surface area contributed by atoms with E-state index in [1.165, 1.54) is 0 Å². The van der Waals surface area contributed by atoms with E-state index in [0.29, 0.717) is 5.56 Å². The Bertz CT molecular complexity index is 560. The van der Waals surface area contributed by atoms with Crippen molar-refractivity contribution in [2.75, 3.05) is 0 Å².